The van der Waals surface area contributed by atoms with E-state index in [2.05, 4.69) is 31.4 Å². The Bertz CT molecular complexity index is 230. The van der Waals surface area contributed by atoms with Crippen molar-refractivity contribution in [3.05, 3.63) is 0 Å². The molecule has 0 radical (unpaired) electrons. The summed E-state index contributed by atoms with van der Waals surface area (Å²) in [6, 6.07) is 0.539. The molecule has 0 aromatic rings. The van der Waals surface area contributed by atoms with Gasteiger partial charge >= 0.3 is 0 Å². The fourth-order valence-electron chi connectivity index (χ4n) is 2.80. The lowest BCUT2D eigenvalue weighted by molar-refractivity contribution is -0.120. The highest BCUT2D eigenvalue weighted by molar-refractivity contribution is 5.77. The zero-order chi connectivity index (χ0) is 12.7. The van der Waals surface area contributed by atoms with E-state index >= 15 is 0 Å². The number of carbonyl (C=O) groups is 1. The lowest BCUT2D eigenvalue weighted by Gasteiger charge is -2.20. The van der Waals surface area contributed by atoms with Crippen LogP contribution in [0, 0.1) is 11.8 Å². The van der Waals surface area contributed by atoms with Crippen LogP contribution >= 0.6 is 0 Å². The molecular weight excluding hydrogens is 212 g/mol. The molecule has 1 amide bonds. The van der Waals surface area contributed by atoms with Gasteiger partial charge in [0.2, 0.25) is 5.91 Å². The van der Waals surface area contributed by atoms with Crippen LogP contribution in [0.15, 0.2) is 0 Å². The maximum absolute atomic E-state index is 11.6. The molecule has 0 aromatic carbocycles. The molecule has 1 saturated carbocycles. The number of nitrogens with one attached hydrogen (secondary N) is 2. The number of amides is 1. The smallest absolute Gasteiger partial charge is 0.233 e. The molecule has 1 fully saturated rings. The van der Waals surface area contributed by atoms with Gasteiger partial charge in [-0.25, -0.2) is 0 Å². The summed E-state index contributed by atoms with van der Waals surface area (Å²) in [5.41, 5.74) is 0. The summed E-state index contributed by atoms with van der Waals surface area (Å²) in [6.07, 6.45) is 6.01. The minimum atomic E-state index is 0.144. The van der Waals surface area contributed by atoms with E-state index in [4.69, 9.17) is 0 Å². The number of hydrogen-bond acceptors (Lipinski definition) is 2. The molecule has 3 atom stereocenters. The molecule has 0 aromatic heterocycles. The summed E-state index contributed by atoms with van der Waals surface area (Å²) < 4.78 is 0. The van der Waals surface area contributed by atoms with Crippen LogP contribution in [0.2, 0.25) is 0 Å². The van der Waals surface area contributed by atoms with Crippen molar-refractivity contribution in [2.24, 2.45) is 11.8 Å². The van der Waals surface area contributed by atoms with Crippen molar-refractivity contribution >= 4 is 5.91 Å². The van der Waals surface area contributed by atoms with Crippen LogP contribution in [0.1, 0.15) is 52.9 Å². The molecule has 0 saturated heterocycles. The van der Waals surface area contributed by atoms with Crippen molar-refractivity contribution in [3.8, 4) is 0 Å². The first kappa shape index (κ1) is 14.5. The van der Waals surface area contributed by atoms with Crippen LogP contribution in [0.4, 0.5) is 0 Å². The standard InChI is InChI=1S/C14H28N2O/c1-4-6-9-15-14(17)10-16-13-8-7-12(5-2)11(13)3/h11-13,16H,4-10H2,1-3H3,(H,15,17). The van der Waals surface area contributed by atoms with Crippen molar-refractivity contribution in [1.82, 2.24) is 10.6 Å². The van der Waals surface area contributed by atoms with Crippen LogP contribution in [-0.2, 0) is 4.79 Å². The third kappa shape index (κ3) is 4.66. The summed E-state index contributed by atoms with van der Waals surface area (Å²) in [7, 11) is 0. The minimum absolute atomic E-state index is 0.144. The summed E-state index contributed by atoms with van der Waals surface area (Å²) >= 11 is 0. The van der Waals surface area contributed by atoms with Gasteiger partial charge in [0.1, 0.15) is 0 Å². The topological polar surface area (TPSA) is 41.1 Å². The first-order chi connectivity index (χ1) is 8.19. The first-order valence-electron chi connectivity index (χ1n) is 7.19. The van der Waals surface area contributed by atoms with Crippen molar-refractivity contribution in [3.63, 3.8) is 0 Å². The second-order valence-electron chi connectivity index (χ2n) is 5.30. The predicted molar refractivity (Wildman–Crippen MR) is 71.9 cm³/mol. The van der Waals surface area contributed by atoms with Gasteiger partial charge in [0.25, 0.3) is 0 Å². The highest BCUT2D eigenvalue weighted by Gasteiger charge is 2.31. The zero-order valence-corrected chi connectivity index (χ0v) is 11.6. The largest absolute Gasteiger partial charge is 0.355 e. The lowest BCUT2D eigenvalue weighted by Crippen LogP contribution is -2.41. The Labute approximate surface area is 106 Å². The molecule has 17 heavy (non-hydrogen) atoms. The lowest BCUT2D eigenvalue weighted by atomic mass is 9.93. The van der Waals surface area contributed by atoms with Crippen LogP contribution in [0.3, 0.4) is 0 Å². The van der Waals surface area contributed by atoms with Crippen molar-refractivity contribution in [2.45, 2.75) is 58.9 Å². The molecule has 1 rings (SSSR count). The number of unbranched alkanes of at least 4 members (excludes halogenated alkanes) is 1. The Hall–Kier alpha value is -0.570. The minimum Gasteiger partial charge on any atom is -0.355 e. The highest BCUT2D eigenvalue weighted by Crippen LogP contribution is 2.33. The van der Waals surface area contributed by atoms with Crippen molar-refractivity contribution < 1.29 is 4.79 Å². The molecule has 0 bridgehead atoms. The number of rotatable bonds is 7. The van der Waals surface area contributed by atoms with Crippen LogP contribution in [0.25, 0.3) is 0 Å². The fraction of sp³-hybridized carbons (Fsp3) is 0.929. The number of carbonyl (C=O) groups excluding carboxylic acids is 1. The maximum atomic E-state index is 11.6. The van der Waals surface area contributed by atoms with E-state index in [1.165, 1.54) is 19.3 Å². The van der Waals surface area contributed by atoms with E-state index in [-0.39, 0.29) is 5.91 Å². The van der Waals surface area contributed by atoms with Gasteiger partial charge in [0.15, 0.2) is 0 Å². The molecule has 3 unspecified atom stereocenters. The maximum Gasteiger partial charge on any atom is 0.233 e. The van der Waals surface area contributed by atoms with Crippen LogP contribution in [0.5, 0.6) is 0 Å². The molecule has 2 N–H and O–H groups in total. The van der Waals surface area contributed by atoms with Crippen molar-refractivity contribution in [2.75, 3.05) is 13.1 Å². The van der Waals surface area contributed by atoms with Gasteiger partial charge in [-0.05, 0) is 31.1 Å². The van der Waals surface area contributed by atoms with Crippen LogP contribution < -0.4 is 10.6 Å². The van der Waals surface area contributed by atoms with E-state index in [0.717, 1.165) is 25.3 Å². The Morgan fingerprint density at radius 1 is 1.29 bits per heavy atom. The Morgan fingerprint density at radius 3 is 2.65 bits per heavy atom. The monoisotopic (exact) mass is 240 g/mol. The molecular formula is C14H28N2O. The van der Waals surface area contributed by atoms with E-state index < -0.39 is 0 Å². The van der Waals surface area contributed by atoms with Gasteiger partial charge in [-0.1, -0.05) is 33.6 Å². The molecule has 3 heteroatoms. The normalized spacial score (nSPS) is 28.3. The van der Waals surface area contributed by atoms with Gasteiger partial charge < -0.3 is 10.6 Å². The van der Waals surface area contributed by atoms with Crippen LogP contribution in [-0.4, -0.2) is 25.0 Å². The molecule has 3 nitrogen and oxygen atoms in total. The van der Waals surface area contributed by atoms with Crippen molar-refractivity contribution in [1.29, 1.82) is 0 Å². The zero-order valence-electron chi connectivity index (χ0n) is 11.6. The molecule has 1 aliphatic rings. The molecule has 0 heterocycles. The second-order valence-corrected chi connectivity index (χ2v) is 5.30. The van der Waals surface area contributed by atoms with E-state index in [1.54, 1.807) is 0 Å². The third-order valence-corrected chi connectivity index (χ3v) is 4.13. The van der Waals surface area contributed by atoms with Gasteiger partial charge in [-0.2, -0.15) is 0 Å². The molecule has 1 aliphatic carbocycles. The molecule has 0 aliphatic heterocycles. The Kier molecular flexibility index (Phi) is 6.56. The summed E-state index contributed by atoms with van der Waals surface area (Å²) in [5.74, 6) is 1.70. The van der Waals surface area contributed by atoms with Gasteiger partial charge in [-0.15, -0.1) is 0 Å². The molecule has 100 valence electrons. The van der Waals surface area contributed by atoms with Gasteiger partial charge in [-0.3, -0.25) is 4.79 Å². The van der Waals surface area contributed by atoms with E-state index in [1.807, 2.05) is 0 Å². The average molecular weight is 240 g/mol. The van der Waals surface area contributed by atoms with Gasteiger partial charge in [0.05, 0.1) is 6.54 Å². The second kappa shape index (κ2) is 7.70. The SMILES string of the molecule is CCCCNC(=O)CNC1CCC(CC)C1C. The van der Waals surface area contributed by atoms with E-state index in [0.29, 0.717) is 18.5 Å². The first-order valence-corrected chi connectivity index (χ1v) is 7.19. The Morgan fingerprint density at radius 2 is 2.06 bits per heavy atom. The third-order valence-electron chi connectivity index (χ3n) is 4.13. The number of hydrogen-bond donors (Lipinski definition) is 2. The summed E-state index contributed by atoms with van der Waals surface area (Å²) in [5, 5.41) is 6.36. The Balaban J connectivity index is 2.16. The average Bonchev–Trinajstić information content (AvgIpc) is 2.68. The summed E-state index contributed by atoms with van der Waals surface area (Å²) in [6.45, 7) is 8.01. The quantitative estimate of drug-likeness (QED) is 0.671. The molecule has 0 spiro atoms. The fourth-order valence-corrected chi connectivity index (χ4v) is 2.80. The van der Waals surface area contributed by atoms with E-state index in [9.17, 15) is 4.79 Å². The predicted octanol–water partition coefficient (Wildman–Crippen LogP) is 2.32. The highest BCUT2D eigenvalue weighted by atomic mass is 16.1. The summed E-state index contributed by atoms with van der Waals surface area (Å²) in [4.78, 5) is 11.6. The van der Waals surface area contributed by atoms with Gasteiger partial charge in [0, 0.05) is 12.6 Å².